The molecule has 1 fully saturated rings. The number of rotatable bonds is 13. The Bertz CT molecular complexity index is 1310. The van der Waals surface area contributed by atoms with Crippen LogP contribution in [-0.2, 0) is 17.8 Å². The highest BCUT2D eigenvalue weighted by Gasteiger charge is 2.24. The minimum Gasteiger partial charge on any atom is -0.493 e. The van der Waals surface area contributed by atoms with Crippen LogP contribution in [0.25, 0.3) is 0 Å². The molecule has 0 saturated carbocycles. The zero-order valence-corrected chi connectivity index (χ0v) is 24.8. The normalized spacial score (nSPS) is 13.2. The molecule has 9 nitrogen and oxygen atoms in total. The van der Waals surface area contributed by atoms with Gasteiger partial charge in [-0.3, -0.25) is 4.79 Å². The number of anilines is 1. The first kappa shape index (κ1) is 30.3. The molecule has 1 aliphatic heterocycles. The summed E-state index contributed by atoms with van der Waals surface area (Å²) >= 11 is 6.12. The molecule has 0 unspecified atom stereocenters. The van der Waals surface area contributed by atoms with E-state index in [1.807, 2.05) is 37.3 Å². The summed E-state index contributed by atoms with van der Waals surface area (Å²) in [6.07, 6.45) is 2.90. The molecule has 0 spiro atoms. The molecule has 2 aromatic carbocycles. The summed E-state index contributed by atoms with van der Waals surface area (Å²) in [4.78, 5) is 32.8. The molecule has 220 valence electrons. The third-order valence-corrected chi connectivity index (χ3v) is 7.42. The van der Waals surface area contributed by atoms with E-state index < -0.39 is 0 Å². The second kappa shape index (κ2) is 14.8. The van der Waals surface area contributed by atoms with E-state index in [9.17, 15) is 9.59 Å². The molecule has 1 saturated heterocycles. The Labute approximate surface area is 246 Å². The van der Waals surface area contributed by atoms with Crippen molar-refractivity contribution < 1.29 is 23.5 Å². The Hall–Kier alpha value is -3.69. The second-order valence-electron chi connectivity index (χ2n) is 10.2. The number of hydrogen-bond donors (Lipinski definition) is 1. The van der Waals surface area contributed by atoms with Gasteiger partial charge in [-0.2, -0.15) is 0 Å². The van der Waals surface area contributed by atoms with Gasteiger partial charge in [0.2, 0.25) is 5.91 Å². The Morgan fingerprint density at radius 3 is 2.44 bits per heavy atom. The molecule has 1 aromatic heterocycles. The van der Waals surface area contributed by atoms with Crippen molar-refractivity contribution in [2.24, 2.45) is 0 Å². The predicted octanol–water partition coefficient (Wildman–Crippen LogP) is 5.46. The zero-order chi connectivity index (χ0) is 29.2. The van der Waals surface area contributed by atoms with Gasteiger partial charge in [-0.25, -0.2) is 4.79 Å². The van der Waals surface area contributed by atoms with Crippen LogP contribution in [0.2, 0.25) is 5.02 Å². The quantitative estimate of drug-likeness (QED) is 0.288. The van der Waals surface area contributed by atoms with Crippen LogP contribution in [0.5, 0.6) is 11.5 Å². The van der Waals surface area contributed by atoms with Crippen molar-refractivity contribution in [3.8, 4) is 11.5 Å². The van der Waals surface area contributed by atoms with Crippen LogP contribution in [0.3, 0.4) is 0 Å². The molecule has 2 heterocycles. The maximum atomic E-state index is 13.8. The fraction of sp³-hybridized carbons (Fsp3) is 0.419. The molecule has 0 aliphatic carbocycles. The van der Waals surface area contributed by atoms with E-state index in [2.05, 4.69) is 10.2 Å². The van der Waals surface area contributed by atoms with Gasteiger partial charge in [-0.1, -0.05) is 23.7 Å². The maximum absolute atomic E-state index is 13.8. The summed E-state index contributed by atoms with van der Waals surface area (Å²) in [6.45, 7) is 5.70. The van der Waals surface area contributed by atoms with Crippen molar-refractivity contribution in [2.45, 2.75) is 32.7 Å². The lowest BCUT2D eigenvalue weighted by Crippen LogP contribution is -2.47. The number of furan rings is 1. The van der Waals surface area contributed by atoms with E-state index in [1.54, 1.807) is 48.3 Å². The minimum absolute atomic E-state index is 0.0636. The number of benzene rings is 2. The molecular formula is C31H39ClN4O5. The van der Waals surface area contributed by atoms with E-state index in [4.69, 9.17) is 25.5 Å². The molecule has 3 amide bonds. The van der Waals surface area contributed by atoms with Crippen molar-refractivity contribution in [3.05, 3.63) is 76.7 Å². The van der Waals surface area contributed by atoms with Gasteiger partial charge < -0.3 is 33.9 Å². The van der Waals surface area contributed by atoms with Gasteiger partial charge in [0.15, 0.2) is 11.5 Å². The van der Waals surface area contributed by atoms with Crippen LogP contribution in [0, 0.1) is 6.92 Å². The van der Waals surface area contributed by atoms with Gasteiger partial charge in [-0.05, 0) is 87.3 Å². The molecule has 0 atom stereocenters. The average molecular weight is 583 g/mol. The number of carbonyl (C=O) groups excluding carboxylic acids is 2. The molecule has 10 heteroatoms. The van der Waals surface area contributed by atoms with Crippen LogP contribution >= 0.6 is 11.6 Å². The SMILES string of the molecule is COc1ccc(CCN(Cc2ccc(C)o2)C(=O)CN(CCN2CCCC2)C(=O)Nc2cccc(Cl)c2)cc1OC. The third-order valence-electron chi connectivity index (χ3n) is 7.19. The van der Waals surface area contributed by atoms with Crippen molar-refractivity contribution in [3.63, 3.8) is 0 Å². The first-order chi connectivity index (χ1) is 19.8. The molecule has 4 rings (SSSR count). The Balaban J connectivity index is 1.49. The summed E-state index contributed by atoms with van der Waals surface area (Å²) in [7, 11) is 3.20. The first-order valence-electron chi connectivity index (χ1n) is 13.9. The first-order valence-corrected chi connectivity index (χ1v) is 14.3. The Kier molecular flexibility index (Phi) is 10.9. The third kappa shape index (κ3) is 8.90. The highest BCUT2D eigenvalue weighted by atomic mass is 35.5. The number of methoxy groups -OCH3 is 2. The fourth-order valence-electron chi connectivity index (χ4n) is 4.90. The van der Waals surface area contributed by atoms with Gasteiger partial charge in [0.25, 0.3) is 0 Å². The number of carbonyl (C=O) groups is 2. The topological polar surface area (TPSA) is 87.5 Å². The summed E-state index contributed by atoms with van der Waals surface area (Å²) in [6, 6.07) is 16.1. The number of hydrogen-bond acceptors (Lipinski definition) is 6. The molecule has 3 aromatic rings. The van der Waals surface area contributed by atoms with Gasteiger partial charge >= 0.3 is 6.03 Å². The van der Waals surface area contributed by atoms with Crippen LogP contribution in [0.4, 0.5) is 10.5 Å². The van der Waals surface area contributed by atoms with Crippen LogP contribution < -0.4 is 14.8 Å². The number of urea groups is 1. The summed E-state index contributed by atoms with van der Waals surface area (Å²) in [5, 5.41) is 3.43. The Morgan fingerprint density at radius 2 is 1.76 bits per heavy atom. The van der Waals surface area contributed by atoms with Crippen molar-refractivity contribution >= 4 is 29.2 Å². The zero-order valence-electron chi connectivity index (χ0n) is 24.0. The standard InChI is InChI=1S/C31H39ClN4O5/c1-23-9-11-27(41-23)21-35(16-13-24-10-12-28(39-2)29(19-24)40-3)30(37)22-36(18-17-34-14-4-5-15-34)31(38)33-26-8-6-7-25(32)20-26/h6-12,19-20H,4-5,13-18,21-22H2,1-3H3,(H,33,38). The average Bonchev–Trinajstić information content (AvgIpc) is 3.64. The largest absolute Gasteiger partial charge is 0.493 e. The summed E-state index contributed by atoms with van der Waals surface area (Å²) < 4.78 is 16.6. The van der Waals surface area contributed by atoms with Crippen molar-refractivity contribution in [2.75, 3.05) is 58.8 Å². The molecule has 0 bridgehead atoms. The van der Waals surface area contributed by atoms with Crippen LogP contribution in [0.1, 0.15) is 29.9 Å². The molecule has 1 N–H and O–H groups in total. The van der Waals surface area contributed by atoms with E-state index >= 15 is 0 Å². The highest BCUT2D eigenvalue weighted by molar-refractivity contribution is 6.30. The summed E-state index contributed by atoms with van der Waals surface area (Å²) in [5.41, 5.74) is 1.58. The summed E-state index contributed by atoms with van der Waals surface area (Å²) in [5.74, 6) is 2.59. The second-order valence-corrected chi connectivity index (χ2v) is 10.6. The molecular weight excluding hydrogens is 544 g/mol. The highest BCUT2D eigenvalue weighted by Crippen LogP contribution is 2.28. The minimum atomic E-state index is -0.339. The number of nitrogens with zero attached hydrogens (tertiary/aromatic N) is 3. The van der Waals surface area contributed by atoms with Crippen LogP contribution in [0.15, 0.2) is 59.0 Å². The lowest BCUT2D eigenvalue weighted by molar-refractivity contribution is -0.132. The van der Waals surface area contributed by atoms with E-state index in [0.717, 1.165) is 37.3 Å². The smallest absolute Gasteiger partial charge is 0.322 e. The number of ether oxygens (including phenoxy) is 2. The molecule has 0 radical (unpaired) electrons. The number of aryl methyl sites for hydroxylation is 1. The number of halogens is 1. The molecule has 1 aliphatic rings. The Morgan fingerprint density at radius 1 is 0.976 bits per heavy atom. The van der Waals surface area contributed by atoms with Gasteiger partial charge in [-0.15, -0.1) is 0 Å². The van der Waals surface area contributed by atoms with Gasteiger partial charge in [0.05, 0.1) is 20.8 Å². The number of likely N-dealkylation sites (tertiary alicyclic amines) is 1. The number of amides is 3. The fourth-order valence-corrected chi connectivity index (χ4v) is 5.09. The van der Waals surface area contributed by atoms with Crippen molar-refractivity contribution in [1.82, 2.24) is 14.7 Å². The van der Waals surface area contributed by atoms with Crippen LogP contribution in [-0.4, -0.2) is 80.1 Å². The monoisotopic (exact) mass is 582 g/mol. The van der Waals surface area contributed by atoms with E-state index in [1.165, 1.54) is 0 Å². The maximum Gasteiger partial charge on any atom is 0.322 e. The lowest BCUT2D eigenvalue weighted by Gasteiger charge is -2.29. The van der Waals surface area contributed by atoms with E-state index in [0.29, 0.717) is 60.6 Å². The van der Waals surface area contributed by atoms with Crippen molar-refractivity contribution in [1.29, 1.82) is 0 Å². The lowest BCUT2D eigenvalue weighted by atomic mass is 10.1. The van der Waals surface area contributed by atoms with E-state index in [-0.39, 0.29) is 18.5 Å². The predicted molar refractivity (Wildman–Crippen MR) is 160 cm³/mol. The molecule has 41 heavy (non-hydrogen) atoms. The van der Waals surface area contributed by atoms with Gasteiger partial charge in [0.1, 0.15) is 18.1 Å². The number of nitrogens with one attached hydrogen (secondary N) is 1. The van der Waals surface area contributed by atoms with Gasteiger partial charge in [0, 0.05) is 30.3 Å².